The number of aromatic nitrogens is 2. The molecule has 1 aliphatic carbocycles. The van der Waals surface area contributed by atoms with Crippen LogP contribution in [0.1, 0.15) is 33.6 Å². The number of halogens is 1. The van der Waals surface area contributed by atoms with Crippen molar-refractivity contribution >= 4 is 11.6 Å². The standard InChI is InChI=1S/C13H9FN2O2/c1-2-9-15-10-7-4-3-6(14)5-8(7)12(17)13(18)11(10)16-9/h3-5H,2H2,1H3,(H,15,16). The van der Waals surface area contributed by atoms with Gasteiger partial charge in [-0.1, -0.05) is 6.92 Å². The van der Waals surface area contributed by atoms with Crippen LogP contribution in [-0.2, 0) is 6.42 Å². The summed E-state index contributed by atoms with van der Waals surface area (Å²) in [5.41, 5.74) is 1.23. The molecule has 2 aromatic rings. The van der Waals surface area contributed by atoms with Crippen LogP contribution in [0.4, 0.5) is 4.39 Å². The Bertz CT molecular complexity index is 688. The minimum atomic E-state index is -0.691. The molecule has 90 valence electrons. The lowest BCUT2D eigenvalue weighted by atomic mass is 9.90. The van der Waals surface area contributed by atoms with Gasteiger partial charge in [0.2, 0.25) is 5.78 Å². The maximum atomic E-state index is 13.2. The van der Waals surface area contributed by atoms with Crippen LogP contribution >= 0.6 is 0 Å². The van der Waals surface area contributed by atoms with Gasteiger partial charge in [-0.15, -0.1) is 0 Å². The van der Waals surface area contributed by atoms with Crippen molar-refractivity contribution in [1.29, 1.82) is 0 Å². The highest BCUT2D eigenvalue weighted by molar-refractivity contribution is 6.52. The second-order valence-corrected chi connectivity index (χ2v) is 4.11. The molecule has 18 heavy (non-hydrogen) atoms. The highest BCUT2D eigenvalue weighted by Gasteiger charge is 2.33. The topological polar surface area (TPSA) is 62.8 Å². The monoisotopic (exact) mass is 244 g/mol. The Labute approximate surface area is 102 Å². The van der Waals surface area contributed by atoms with Crippen molar-refractivity contribution in [3.8, 4) is 11.3 Å². The molecule has 0 fully saturated rings. The van der Waals surface area contributed by atoms with E-state index >= 15 is 0 Å². The van der Waals surface area contributed by atoms with Gasteiger partial charge in [0, 0.05) is 17.5 Å². The molecule has 0 radical (unpaired) electrons. The zero-order valence-corrected chi connectivity index (χ0v) is 9.58. The van der Waals surface area contributed by atoms with Crippen LogP contribution in [0, 0.1) is 5.82 Å². The molecule has 0 saturated heterocycles. The number of nitrogens with zero attached hydrogens (tertiary/aromatic N) is 1. The molecule has 1 heterocycles. The Morgan fingerprint density at radius 3 is 2.72 bits per heavy atom. The van der Waals surface area contributed by atoms with Crippen molar-refractivity contribution in [2.45, 2.75) is 13.3 Å². The van der Waals surface area contributed by atoms with Crippen LogP contribution in [0.5, 0.6) is 0 Å². The number of H-pyrrole nitrogens is 1. The number of fused-ring (bicyclic) bond motifs is 3. The van der Waals surface area contributed by atoms with Gasteiger partial charge in [0.25, 0.3) is 5.78 Å². The highest BCUT2D eigenvalue weighted by Crippen LogP contribution is 2.32. The van der Waals surface area contributed by atoms with Gasteiger partial charge in [-0.2, -0.15) is 0 Å². The van der Waals surface area contributed by atoms with Crippen LogP contribution in [0.2, 0.25) is 0 Å². The predicted octanol–water partition coefficient (Wildman–Crippen LogP) is 2.16. The molecule has 0 spiro atoms. The third-order valence-corrected chi connectivity index (χ3v) is 3.00. The van der Waals surface area contributed by atoms with Crippen LogP contribution < -0.4 is 0 Å². The normalized spacial score (nSPS) is 13.4. The summed E-state index contributed by atoms with van der Waals surface area (Å²) in [7, 11) is 0. The highest BCUT2D eigenvalue weighted by atomic mass is 19.1. The van der Waals surface area contributed by atoms with E-state index in [1.54, 1.807) is 0 Å². The minimum absolute atomic E-state index is 0.0849. The molecule has 0 amide bonds. The molecular formula is C13H9FN2O2. The number of hydrogen-bond donors (Lipinski definition) is 1. The third-order valence-electron chi connectivity index (χ3n) is 3.00. The first kappa shape index (κ1) is 10.8. The Hall–Kier alpha value is -2.30. The van der Waals surface area contributed by atoms with E-state index in [9.17, 15) is 14.0 Å². The summed E-state index contributed by atoms with van der Waals surface area (Å²) in [6.45, 7) is 1.89. The van der Waals surface area contributed by atoms with Crippen molar-refractivity contribution in [2.24, 2.45) is 0 Å². The largest absolute Gasteiger partial charge is 0.339 e. The lowest BCUT2D eigenvalue weighted by molar-refractivity contribution is 0.0812. The molecule has 1 aliphatic rings. The minimum Gasteiger partial charge on any atom is -0.339 e. The molecule has 0 atom stereocenters. The number of aryl methyl sites for hydroxylation is 1. The first-order valence-electron chi connectivity index (χ1n) is 5.59. The molecule has 1 aromatic carbocycles. The van der Waals surface area contributed by atoms with Gasteiger partial charge >= 0.3 is 0 Å². The maximum absolute atomic E-state index is 13.2. The smallest absolute Gasteiger partial charge is 0.251 e. The van der Waals surface area contributed by atoms with Gasteiger partial charge in [-0.25, -0.2) is 9.37 Å². The van der Waals surface area contributed by atoms with Crippen LogP contribution in [0.3, 0.4) is 0 Å². The summed E-state index contributed by atoms with van der Waals surface area (Å²) in [5, 5.41) is 0. The quantitative estimate of drug-likeness (QED) is 0.782. The number of rotatable bonds is 1. The number of Topliss-reactive ketones (excluding diaryl/α,β-unsaturated/α-hetero) is 2. The van der Waals surface area contributed by atoms with E-state index in [0.717, 1.165) is 6.07 Å². The summed E-state index contributed by atoms with van der Waals surface area (Å²) in [6.07, 6.45) is 0.630. The second-order valence-electron chi connectivity index (χ2n) is 4.11. The van der Waals surface area contributed by atoms with Crippen molar-refractivity contribution < 1.29 is 14.0 Å². The van der Waals surface area contributed by atoms with Crippen molar-refractivity contribution in [3.05, 3.63) is 41.1 Å². The number of carbonyl (C=O) groups is 2. The summed E-state index contributed by atoms with van der Waals surface area (Å²) in [4.78, 5) is 30.9. The summed E-state index contributed by atoms with van der Waals surface area (Å²) in [5.74, 6) is -1.25. The first-order valence-corrected chi connectivity index (χ1v) is 5.59. The van der Waals surface area contributed by atoms with E-state index in [1.807, 2.05) is 6.92 Å². The fourth-order valence-electron chi connectivity index (χ4n) is 2.10. The van der Waals surface area contributed by atoms with Crippen molar-refractivity contribution in [3.63, 3.8) is 0 Å². The number of imidazole rings is 1. The predicted molar refractivity (Wildman–Crippen MR) is 62.0 cm³/mol. The first-order chi connectivity index (χ1) is 8.61. The molecule has 1 aromatic heterocycles. The number of aromatic amines is 1. The lowest BCUT2D eigenvalue weighted by Gasteiger charge is -2.12. The Morgan fingerprint density at radius 2 is 2.00 bits per heavy atom. The Balaban J connectivity index is 2.33. The SMILES string of the molecule is CCc1nc2c([nH]1)C(=O)C(=O)c1cc(F)ccc1-2. The van der Waals surface area contributed by atoms with Gasteiger partial charge in [-0.3, -0.25) is 9.59 Å². The summed E-state index contributed by atoms with van der Waals surface area (Å²) < 4.78 is 13.2. The number of hydrogen-bond acceptors (Lipinski definition) is 3. The van der Waals surface area contributed by atoms with Gasteiger partial charge in [0.1, 0.15) is 23.0 Å². The van der Waals surface area contributed by atoms with Gasteiger partial charge < -0.3 is 4.98 Å². The van der Waals surface area contributed by atoms with Crippen LogP contribution in [0.15, 0.2) is 18.2 Å². The van der Waals surface area contributed by atoms with Crippen molar-refractivity contribution in [2.75, 3.05) is 0 Å². The van der Waals surface area contributed by atoms with Crippen molar-refractivity contribution in [1.82, 2.24) is 9.97 Å². The van der Waals surface area contributed by atoms with Gasteiger partial charge in [0.15, 0.2) is 0 Å². The van der Waals surface area contributed by atoms with E-state index in [4.69, 9.17) is 0 Å². The lowest BCUT2D eigenvalue weighted by Crippen LogP contribution is -2.21. The average Bonchev–Trinajstić information content (AvgIpc) is 2.80. The third kappa shape index (κ3) is 1.33. The van der Waals surface area contributed by atoms with E-state index in [-0.39, 0.29) is 11.3 Å². The maximum Gasteiger partial charge on any atom is 0.251 e. The molecule has 3 rings (SSSR count). The average molecular weight is 244 g/mol. The molecular weight excluding hydrogens is 235 g/mol. The van der Waals surface area contributed by atoms with Gasteiger partial charge in [0.05, 0.1) is 0 Å². The fourth-order valence-corrected chi connectivity index (χ4v) is 2.10. The van der Waals surface area contributed by atoms with Crippen LogP contribution in [-0.4, -0.2) is 21.5 Å². The number of nitrogens with one attached hydrogen (secondary N) is 1. The molecule has 1 N–H and O–H groups in total. The molecule has 0 unspecified atom stereocenters. The molecule has 0 saturated carbocycles. The van der Waals surface area contributed by atoms with E-state index in [0.29, 0.717) is 23.5 Å². The number of ketones is 2. The molecule has 5 heteroatoms. The van der Waals surface area contributed by atoms with E-state index in [2.05, 4.69) is 9.97 Å². The van der Waals surface area contributed by atoms with E-state index in [1.165, 1.54) is 12.1 Å². The zero-order chi connectivity index (χ0) is 12.9. The molecule has 0 bridgehead atoms. The number of benzene rings is 1. The second kappa shape index (κ2) is 3.60. The molecule has 0 aliphatic heterocycles. The summed E-state index contributed by atoms with van der Waals surface area (Å²) >= 11 is 0. The Morgan fingerprint density at radius 1 is 1.22 bits per heavy atom. The zero-order valence-electron chi connectivity index (χ0n) is 9.58. The fraction of sp³-hybridized carbons (Fsp3) is 0.154. The van der Waals surface area contributed by atoms with Crippen LogP contribution in [0.25, 0.3) is 11.3 Å². The Kier molecular flexibility index (Phi) is 2.16. The number of carbonyl (C=O) groups excluding carboxylic acids is 2. The summed E-state index contributed by atoms with van der Waals surface area (Å²) in [6, 6.07) is 3.82. The van der Waals surface area contributed by atoms with E-state index < -0.39 is 17.4 Å². The van der Waals surface area contributed by atoms with Gasteiger partial charge in [-0.05, 0) is 18.2 Å². The molecule has 4 nitrogen and oxygen atoms in total.